The van der Waals surface area contributed by atoms with Crippen molar-refractivity contribution in [3.8, 4) is 0 Å². The molecule has 0 aromatic carbocycles. The fraction of sp³-hybridized carbons (Fsp3) is 0.538. The topological polar surface area (TPSA) is 59.5 Å². The molecule has 1 fully saturated rings. The first-order valence-corrected chi connectivity index (χ1v) is 6.46. The molecule has 5 nitrogen and oxygen atoms in total. The molecule has 96 valence electrons. The molecule has 3 rings (SSSR count). The van der Waals surface area contributed by atoms with Gasteiger partial charge in [0.05, 0.1) is 0 Å². The van der Waals surface area contributed by atoms with E-state index in [-0.39, 0.29) is 0 Å². The maximum Gasteiger partial charge on any atom is 0.157 e. The Labute approximate surface area is 107 Å². The second-order valence-electron chi connectivity index (χ2n) is 5.26. The minimum atomic E-state index is 0.507. The van der Waals surface area contributed by atoms with E-state index in [2.05, 4.69) is 41.0 Å². The summed E-state index contributed by atoms with van der Waals surface area (Å²) in [7, 11) is 0. The quantitative estimate of drug-likeness (QED) is 0.864. The molecule has 0 bridgehead atoms. The lowest BCUT2D eigenvalue weighted by atomic mass is 10.1. The van der Waals surface area contributed by atoms with E-state index < -0.39 is 0 Å². The summed E-state index contributed by atoms with van der Waals surface area (Å²) < 4.78 is 1.92. The number of hydrogen-bond donors (Lipinski definition) is 1. The average Bonchev–Trinajstić information content (AvgIpc) is 2.94. The largest absolute Gasteiger partial charge is 0.353 e. The Morgan fingerprint density at radius 1 is 1.44 bits per heavy atom. The molecule has 0 radical (unpaired) electrons. The normalized spacial score (nSPS) is 24.1. The molecule has 0 spiro atoms. The van der Waals surface area contributed by atoms with Crippen LogP contribution in [0.25, 0.3) is 5.65 Å². The van der Waals surface area contributed by atoms with Gasteiger partial charge in [0.1, 0.15) is 12.1 Å². The van der Waals surface area contributed by atoms with Gasteiger partial charge in [-0.3, -0.25) is 0 Å². The van der Waals surface area contributed by atoms with Gasteiger partial charge < -0.3 is 10.6 Å². The predicted octanol–water partition coefficient (Wildman–Crippen LogP) is 1.21. The smallest absolute Gasteiger partial charge is 0.157 e. The van der Waals surface area contributed by atoms with Crippen LogP contribution in [0, 0.1) is 12.8 Å². The minimum Gasteiger partial charge on any atom is -0.353 e. The van der Waals surface area contributed by atoms with Crippen LogP contribution in [-0.4, -0.2) is 33.7 Å². The molecule has 0 aliphatic carbocycles. The first kappa shape index (κ1) is 11.5. The van der Waals surface area contributed by atoms with Crippen molar-refractivity contribution >= 4 is 11.5 Å². The molecule has 2 unspecified atom stereocenters. The van der Waals surface area contributed by atoms with E-state index >= 15 is 0 Å². The van der Waals surface area contributed by atoms with Crippen molar-refractivity contribution in [3.63, 3.8) is 0 Å². The Hall–Kier alpha value is -1.62. The molecular weight excluding hydrogens is 226 g/mol. The zero-order valence-electron chi connectivity index (χ0n) is 10.9. The van der Waals surface area contributed by atoms with Crippen LogP contribution in [0.4, 0.5) is 5.82 Å². The van der Waals surface area contributed by atoms with Gasteiger partial charge in [0.15, 0.2) is 5.65 Å². The van der Waals surface area contributed by atoms with Gasteiger partial charge in [-0.15, -0.1) is 0 Å². The van der Waals surface area contributed by atoms with E-state index in [0.29, 0.717) is 12.0 Å². The Morgan fingerprint density at radius 2 is 2.28 bits per heavy atom. The summed E-state index contributed by atoms with van der Waals surface area (Å²) in [6.45, 7) is 6.11. The number of nitrogens with two attached hydrogens (primary N) is 1. The molecule has 2 N–H and O–H groups in total. The van der Waals surface area contributed by atoms with Gasteiger partial charge >= 0.3 is 0 Å². The first-order chi connectivity index (χ1) is 8.69. The van der Waals surface area contributed by atoms with Crippen molar-refractivity contribution in [2.75, 3.05) is 18.0 Å². The Morgan fingerprint density at radius 3 is 3.00 bits per heavy atom. The van der Waals surface area contributed by atoms with Gasteiger partial charge in [-0.1, -0.05) is 0 Å². The average molecular weight is 245 g/mol. The van der Waals surface area contributed by atoms with Gasteiger partial charge in [0.25, 0.3) is 0 Å². The first-order valence-electron chi connectivity index (χ1n) is 6.46. The van der Waals surface area contributed by atoms with E-state index in [1.165, 1.54) is 5.56 Å². The molecule has 18 heavy (non-hydrogen) atoms. The molecule has 2 aromatic rings. The molecule has 0 saturated carbocycles. The van der Waals surface area contributed by atoms with Crippen molar-refractivity contribution in [1.29, 1.82) is 0 Å². The highest BCUT2D eigenvalue weighted by atomic mass is 15.4. The summed E-state index contributed by atoms with van der Waals surface area (Å²) in [6, 6.07) is 4.74. The highest BCUT2D eigenvalue weighted by molar-refractivity contribution is 5.54. The molecule has 1 aliphatic heterocycles. The highest BCUT2D eigenvalue weighted by Crippen LogP contribution is 2.29. The van der Waals surface area contributed by atoms with Crippen LogP contribution in [0.3, 0.4) is 0 Å². The summed E-state index contributed by atoms with van der Waals surface area (Å²) in [4.78, 5) is 6.67. The van der Waals surface area contributed by atoms with Crippen molar-refractivity contribution < 1.29 is 0 Å². The maximum absolute atomic E-state index is 5.80. The lowest BCUT2D eigenvalue weighted by Gasteiger charge is -2.24. The summed E-state index contributed by atoms with van der Waals surface area (Å²) in [5.41, 5.74) is 7.92. The predicted molar refractivity (Wildman–Crippen MR) is 71.7 cm³/mol. The van der Waals surface area contributed by atoms with E-state index in [9.17, 15) is 0 Å². The van der Waals surface area contributed by atoms with Gasteiger partial charge in [0.2, 0.25) is 0 Å². The Bertz CT molecular complexity index is 562. The number of nitrogens with zero attached hydrogens (tertiary/aromatic N) is 4. The molecule has 5 heteroatoms. The van der Waals surface area contributed by atoms with Crippen LogP contribution in [0.2, 0.25) is 0 Å². The van der Waals surface area contributed by atoms with E-state index in [1.807, 2.05) is 4.52 Å². The molecule has 1 aliphatic rings. The summed E-state index contributed by atoms with van der Waals surface area (Å²) in [5, 5.41) is 4.32. The third-order valence-corrected chi connectivity index (χ3v) is 3.79. The van der Waals surface area contributed by atoms with Crippen LogP contribution < -0.4 is 10.6 Å². The van der Waals surface area contributed by atoms with Crippen LogP contribution in [0.1, 0.15) is 18.9 Å². The molecule has 3 heterocycles. The fourth-order valence-corrected chi connectivity index (χ4v) is 2.87. The molecular formula is C13H19N5. The highest BCUT2D eigenvalue weighted by Gasteiger charge is 2.29. The fourth-order valence-electron chi connectivity index (χ4n) is 2.87. The van der Waals surface area contributed by atoms with Gasteiger partial charge in [-0.2, -0.15) is 9.61 Å². The SMILES string of the molecule is Cc1cc(N2CC(CN)CC2C)n2ncnc2c1. The van der Waals surface area contributed by atoms with E-state index in [0.717, 1.165) is 31.0 Å². The Kier molecular flexibility index (Phi) is 2.70. The second-order valence-corrected chi connectivity index (χ2v) is 5.26. The lowest BCUT2D eigenvalue weighted by Crippen LogP contribution is -2.29. The number of fused-ring (bicyclic) bond motifs is 1. The summed E-state index contributed by atoms with van der Waals surface area (Å²) in [5.74, 6) is 1.71. The Balaban J connectivity index is 2.06. The second kappa shape index (κ2) is 4.24. The van der Waals surface area contributed by atoms with Crippen LogP contribution in [0.15, 0.2) is 18.5 Å². The summed E-state index contributed by atoms with van der Waals surface area (Å²) in [6.07, 6.45) is 2.76. The number of aromatic nitrogens is 3. The molecule has 0 amide bonds. The lowest BCUT2D eigenvalue weighted by molar-refractivity contribution is 0.579. The van der Waals surface area contributed by atoms with Crippen LogP contribution in [-0.2, 0) is 0 Å². The monoisotopic (exact) mass is 245 g/mol. The van der Waals surface area contributed by atoms with E-state index in [4.69, 9.17) is 5.73 Å². The number of hydrogen-bond acceptors (Lipinski definition) is 4. The van der Waals surface area contributed by atoms with Crippen molar-refractivity contribution in [2.45, 2.75) is 26.3 Å². The number of aryl methyl sites for hydroxylation is 1. The number of pyridine rings is 1. The van der Waals surface area contributed by atoms with Crippen molar-refractivity contribution in [1.82, 2.24) is 14.6 Å². The van der Waals surface area contributed by atoms with Crippen molar-refractivity contribution in [2.24, 2.45) is 11.7 Å². The zero-order valence-corrected chi connectivity index (χ0v) is 10.9. The standard InChI is InChI=1S/C13H19N5/c1-9-3-12-15-8-16-18(12)13(4-9)17-7-11(6-14)5-10(17)2/h3-4,8,10-11H,5-7,14H2,1-2H3. The van der Waals surface area contributed by atoms with Crippen molar-refractivity contribution in [3.05, 3.63) is 24.0 Å². The molecule has 2 aromatic heterocycles. The van der Waals surface area contributed by atoms with E-state index in [1.54, 1.807) is 6.33 Å². The third-order valence-electron chi connectivity index (χ3n) is 3.79. The van der Waals surface area contributed by atoms with Gasteiger partial charge in [-0.25, -0.2) is 4.98 Å². The van der Waals surface area contributed by atoms with Gasteiger partial charge in [0, 0.05) is 12.6 Å². The summed E-state index contributed by atoms with van der Waals surface area (Å²) >= 11 is 0. The third kappa shape index (κ3) is 1.75. The zero-order chi connectivity index (χ0) is 12.7. The minimum absolute atomic E-state index is 0.507. The number of rotatable bonds is 2. The molecule has 2 atom stereocenters. The maximum atomic E-state index is 5.80. The van der Waals surface area contributed by atoms with Crippen LogP contribution in [0.5, 0.6) is 0 Å². The molecule has 1 saturated heterocycles. The number of anilines is 1. The van der Waals surface area contributed by atoms with Crippen LogP contribution >= 0.6 is 0 Å². The van der Waals surface area contributed by atoms with Gasteiger partial charge in [-0.05, 0) is 50.4 Å².